The maximum absolute atomic E-state index is 15.1. The third-order valence-corrected chi connectivity index (χ3v) is 17.0. The number of hydrogen-bond donors (Lipinski definition) is 2. The van der Waals surface area contributed by atoms with E-state index in [1.165, 1.54) is 6.07 Å². The Kier molecular flexibility index (Phi) is 16.5. The fourth-order valence-electron chi connectivity index (χ4n) is 12.3. The van der Waals surface area contributed by atoms with Crippen LogP contribution in [0.4, 0.5) is 4.39 Å². The number of halogens is 1. The van der Waals surface area contributed by atoms with Crippen molar-refractivity contribution >= 4 is 40.3 Å². The van der Waals surface area contributed by atoms with Gasteiger partial charge in [-0.05, 0) is 124 Å². The van der Waals surface area contributed by atoms with Gasteiger partial charge in [-0.1, -0.05) is 55.7 Å². The van der Waals surface area contributed by atoms with Crippen LogP contribution in [0, 0.1) is 17.7 Å². The van der Waals surface area contributed by atoms with E-state index in [-0.39, 0.29) is 46.6 Å². The number of carbonyl (C=O) groups is 5. The van der Waals surface area contributed by atoms with Gasteiger partial charge in [0.2, 0.25) is 17.7 Å². The molecule has 0 radical (unpaired) electrons. The molecule has 0 bridgehead atoms. The Labute approximate surface area is 433 Å². The molecule has 10 rings (SSSR count). The molecule has 394 valence electrons. The van der Waals surface area contributed by atoms with E-state index in [0.717, 1.165) is 122 Å². The molecular formula is C57H73FN10O6. The van der Waals surface area contributed by atoms with Gasteiger partial charge in [0.1, 0.15) is 11.9 Å². The molecule has 6 heterocycles. The Morgan fingerprint density at radius 1 is 0.635 bits per heavy atom. The summed E-state index contributed by atoms with van der Waals surface area (Å²) in [4.78, 5) is 95.2. The second kappa shape index (κ2) is 23.7. The van der Waals surface area contributed by atoms with Crippen molar-refractivity contribution in [2.75, 3.05) is 111 Å². The number of piperidine rings is 2. The monoisotopic (exact) mass is 1010 g/mol. The molecule has 5 amide bonds. The topological polar surface area (TPSA) is 166 Å². The van der Waals surface area contributed by atoms with Crippen molar-refractivity contribution in [3.63, 3.8) is 0 Å². The SMILES string of the molecule is O=C(N[C@@H](C(=O)N1CCN(CC2CCN(CC(=O)N3CCN(C(=O)c4cc(Cc5n[nH]c(=O)c6ccccc56)ccc4F)CC3)CC2)CC1)C1CCCCC1)c1cccc(C2CCCN(C(=O)CN3CCC3)C2)c1. The molecule has 1 unspecified atom stereocenters. The summed E-state index contributed by atoms with van der Waals surface area (Å²) in [6, 6.07) is 18.9. The van der Waals surface area contributed by atoms with Crippen LogP contribution in [0.1, 0.15) is 108 Å². The predicted molar refractivity (Wildman–Crippen MR) is 280 cm³/mol. The number of rotatable bonds is 14. The van der Waals surface area contributed by atoms with Gasteiger partial charge in [0.15, 0.2) is 0 Å². The van der Waals surface area contributed by atoms with Crippen molar-refractivity contribution in [2.24, 2.45) is 11.8 Å². The molecule has 16 nitrogen and oxygen atoms in total. The number of H-pyrrole nitrogens is 1. The van der Waals surface area contributed by atoms with Gasteiger partial charge in [-0.25, -0.2) is 9.49 Å². The molecule has 1 aliphatic carbocycles. The number of likely N-dealkylation sites (tertiary alicyclic amines) is 3. The summed E-state index contributed by atoms with van der Waals surface area (Å²) in [5.41, 5.74) is 2.66. The average Bonchev–Trinajstić information content (AvgIpc) is 3.43. The molecule has 5 aliphatic heterocycles. The van der Waals surface area contributed by atoms with E-state index in [1.807, 2.05) is 45.0 Å². The fourth-order valence-corrected chi connectivity index (χ4v) is 12.3. The number of amides is 5. The summed E-state index contributed by atoms with van der Waals surface area (Å²) < 4.78 is 15.1. The summed E-state index contributed by atoms with van der Waals surface area (Å²) in [5, 5.41) is 11.3. The number of benzene rings is 3. The Morgan fingerprint density at radius 2 is 1.32 bits per heavy atom. The highest BCUT2D eigenvalue weighted by atomic mass is 19.1. The van der Waals surface area contributed by atoms with Crippen LogP contribution in [0.25, 0.3) is 10.8 Å². The first-order valence-corrected chi connectivity index (χ1v) is 27.5. The Morgan fingerprint density at radius 3 is 2.05 bits per heavy atom. The fraction of sp³-hybridized carbons (Fsp3) is 0.561. The van der Waals surface area contributed by atoms with Gasteiger partial charge in [-0.2, -0.15) is 5.10 Å². The maximum atomic E-state index is 15.1. The van der Waals surface area contributed by atoms with Crippen LogP contribution in [0.5, 0.6) is 0 Å². The molecule has 74 heavy (non-hydrogen) atoms. The minimum Gasteiger partial charge on any atom is -0.341 e. The highest BCUT2D eigenvalue weighted by Gasteiger charge is 2.37. The molecule has 0 spiro atoms. The zero-order valence-corrected chi connectivity index (χ0v) is 42.9. The van der Waals surface area contributed by atoms with Crippen molar-refractivity contribution in [2.45, 2.75) is 82.6 Å². The Hall–Kier alpha value is -6.04. The van der Waals surface area contributed by atoms with Gasteiger partial charge in [0.05, 0.1) is 29.7 Å². The average molecular weight is 1010 g/mol. The van der Waals surface area contributed by atoms with Crippen molar-refractivity contribution in [3.05, 3.63) is 111 Å². The number of fused-ring (bicyclic) bond motifs is 1. The highest BCUT2D eigenvalue weighted by molar-refractivity contribution is 5.98. The van der Waals surface area contributed by atoms with Gasteiger partial charge in [0, 0.05) is 95.3 Å². The molecule has 1 aromatic heterocycles. The van der Waals surface area contributed by atoms with E-state index in [9.17, 15) is 28.8 Å². The normalized spacial score (nSPS) is 21.3. The lowest BCUT2D eigenvalue weighted by Gasteiger charge is -2.41. The largest absolute Gasteiger partial charge is 0.341 e. The van der Waals surface area contributed by atoms with Crippen LogP contribution in [-0.4, -0.2) is 191 Å². The minimum absolute atomic E-state index is 0.0210. The van der Waals surface area contributed by atoms with Crippen molar-refractivity contribution in [1.29, 1.82) is 0 Å². The van der Waals surface area contributed by atoms with E-state index in [4.69, 9.17) is 0 Å². The third-order valence-electron chi connectivity index (χ3n) is 17.0. The summed E-state index contributed by atoms with van der Waals surface area (Å²) in [6.07, 6.45) is 10.5. The van der Waals surface area contributed by atoms with Crippen molar-refractivity contribution in [1.82, 2.24) is 49.8 Å². The lowest BCUT2D eigenvalue weighted by molar-refractivity contribution is -0.137. The van der Waals surface area contributed by atoms with E-state index >= 15 is 4.39 Å². The third kappa shape index (κ3) is 12.2. The lowest BCUT2D eigenvalue weighted by Crippen LogP contribution is -2.57. The van der Waals surface area contributed by atoms with Gasteiger partial charge in [-0.15, -0.1) is 0 Å². The summed E-state index contributed by atoms with van der Waals surface area (Å²) in [5.74, 6) is -0.170. The minimum atomic E-state index is -0.604. The number of piperazine rings is 2. The Balaban J connectivity index is 0.655. The number of nitrogens with zero attached hydrogens (tertiary/aromatic N) is 8. The molecule has 5 saturated heterocycles. The summed E-state index contributed by atoms with van der Waals surface area (Å²) in [6.45, 7) is 11.1. The Bertz CT molecular complexity index is 2720. The first-order valence-electron chi connectivity index (χ1n) is 27.5. The molecule has 3 aromatic carbocycles. The van der Waals surface area contributed by atoms with E-state index in [0.29, 0.717) is 98.8 Å². The lowest BCUT2D eigenvalue weighted by atomic mass is 9.83. The van der Waals surface area contributed by atoms with Gasteiger partial charge >= 0.3 is 0 Å². The van der Waals surface area contributed by atoms with E-state index in [2.05, 4.69) is 36.3 Å². The molecule has 17 heteroatoms. The maximum Gasteiger partial charge on any atom is 0.272 e. The van der Waals surface area contributed by atoms with Crippen molar-refractivity contribution in [3.8, 4) is 0 Å². The highest BCUT2D eigenvalue weighted by Crippen LogP contribution is 2.31. The van der Waals surface area contributed by atoms with E-state index < -0.39 is 17.8 Å². The number of aromatic amines is 1. The number of nitrogens with one attached hydrogen (secondary N) is 2. The first kappa shape index (κ1) is 51.4. The quantitative estimate of drug-likeness (QED) is 0.183. The molecule has 1 saturated carbocycles. The molecular weight excluding hydrogens is 940 g/mol. The molecule has 6 aliphatic rings. The summed E-state index contributed by atoms with van der Waals surface area (Å²) in [7, 11) is 0. The van der Waals surface area contributed by atoms with Crippen LogP contribution in [0.3, 0.4) is 0 Å². The van der Waals surface area contributed by atoms with E-state index in [1.54, 1.807) is 29.2 Å². The number of hydrogen-bond acceptors (Lipinski definition) is 10. The smallest absolute Gasteiger partial charge is 0.272 e. The van der Waals surface area contributed by atoms with Crippen LogP contribution >= 0.6 is 0 Å². The van der Waals surface area contributed by atoms with Crippen LogP contribution in [0.15, 0.2) is 71.5 Å². The molecule has 2 N–H and O–H groups in total. The van der Waals surface area contributed by atoms with Gasteiger partial charge < -0.3 is 24.9 Å². The van der Waals surface area contributed by atoms with Gasteiger partial charge in [-0.3, -0.25) is 43.5 Å². The van der Waals surface area contributed by atoms with Crippen LogP contribution in [-0.2, 0) is 20.8 Å². The second-order valence-corrected chi connectivity index (χ2v) is 21.8. The number of aromatic nitrogens is 2. The summed E-state index contributed by atoms with van der Waals surface area (Å²) >= 11 is 0. The predicted octanol–water partition coefficient (Wildman–Crippen LogP) is 4.58. The zero-order valence-electron chi connectivity index (χ0n) is 42.9. The molecule has 2 atom stereocenters. The van der Waals surface area contributed by atoms with Crippen molar-refractivity contribution < 1.29 is 28.4 Å². The van der Waals surface area contributed by atoms with Crippen LogP contribution in [0.2, 0.25) is 0 Å². The second-order valence-electron chi connectivity index (χ2n) is 21.8. The standard InChI is InChI=1S/C57H73FN10O6/c58-49-17-16-41(34-50-46-14-4-5-15-47(46)55(72)61-60-50)33-48(49)56(73)66-31-29-65(30-32-66)51(69)38-63-23-18-40(19-24-63)36-64-25-27-67(28-26-64)57(74)53(42-9-2-1-3-10-42)59-54(71)44-12-6-11-43(35-44)45-13-7-22-68(37-45)52(70)39-62-20-8-21-62/h4-6,11-12,14-17,33,35,40,42,45,53H,1-3,7-10,13,18-32,34,36-39H2,(H,59,71)(H,61,72)/t45?,53-/m1/s1. The number of carbonyl (C=O) groups excluding carboxylic acids is 5. The molecule has 4 aromatic rings. The zero-order chi connectivity index (χ0) is 51.1. The van der Waals surface area contributed by atoms with Crippen LogP contribution < -0.4 is 10.9 Å². The first-order chi connectivity index (χ1) is 36.0. The molecule has 6 fully saturated rings. The van der Waals surface area contributed by atoms with Gasteiger partial charge in [0.25, 0.3) is 17.4 Å².